The van der Waals surface area contributed by atoms with Gasteiger partial charge in [-0.1, -0.05) is 13.8 Å². The van der Waals surface area contributed by atoms with E-state index in [1.165, 1.54) is 12.1 Å². The van der Waals surface area contributed by atoms with Crippen LogP contribution in [0.1, 0.15) is 61.4 Å². The van der Waals surface area contributed by atoms with Gasteiger partial charge >= 0.3 is 6.18 Å². The molecule has 32 heavy (non-hydrogen) atoms. The van der Waals surface area contributed by atoms with Crippen LogP contribution in [-0.2, 0) is 17.5 Å². The van der Waals surface area contributed by atoms with Gasteiger partial charge < -0.3 is 4.90 Å². The number of hydrogen-bond acceptors (Lipinski definition) is 5. The van der Waals surface area contributed by atoms with Crippen molar-refractivity contribution in [3.63, 3.8) is 0 Å². The summed E-state index contributed by atoms with van der Waals surface area (Å²) in [7, 11) is 0. The second-order valence-corrected chi connectivity index (χ2v) is 8.27. The fraction of sp³-hybridized carbons (Fsp3) is 0.476. The molecule has 170 valence electrons. The number of aromatic nitrogens is 5. The van der Waals surface area contributed by atoms with E-state index in [1.54, 1.807) is 31.7 Å². The van der Waals surface area contributed by atoms with E-state index in [0.717, 1.165) is 15.3 Å². The summed E-state index contributed by atoms with van der Waals surface area (Å²) in [5.41, 5.74) is 0.0631. The molecule has 0 aliphatic carbocycles. The molecule has 0 spiro atoms. The molecular weight excluding hydrogens is 425 g/mol. The largest absolute Gasteiger partial charge is 0.433 e. The smallest absolute Gasteiger partial charge is 0.332 e. The van der Waals surface area contributed by atoms with Crippen molar-refractivity contribution in [2.24, 2.45) is 0 Å². The summed E-state index contributed by atoms with van der Waals surface area (Å²) in [6.45, 7) is 5.44. The highest BCUT2D eigenvalue weighted by molar-refractivity contribution is 5.76. The fourth-order valence-corrected chi connectivity index (χ4v) is 3.93. The van der Waals surface area contributed by atoms with E-state index in [9.17, 15) is 22.8 Å². The Morgan fingerprint density at radius 2 is 1.97 bits per heavy atom. The van der Waals surface area contributed by atoms with Crippen LogP contribution >= 0.6 is 0 Å². The maximum absolute atomic E-state index is 13.7. The van der Waals surface area contributed by atoms with Crippen molar-refractivity contribution in [3.8, 4) is 0 Å². The summed E-state index contributed by atoms with van der Waals surface area (Å²) in [5, 5.41) is 8.27. The quantitative estimate of drug-likeness (QED) is 0.612. The van der Waals surface area contributed by atoms with Crippen LogP contribution < -0.4 is 5.56 Å². The Hall–Kier alpha value is -3.24. The lowest BCUT2D eigenvalue weighted by Crippen LogP contribution is -2.37. The highest BCUT2D eigenvalue weighted by Gasteiger charge is 2.37. The van der Waals surface area contributed by atoms with Crippen LogP contribution in [0.15, 0.2) is 29.1 Å². The van der Waals surface area contributed by atoms with Gasteiger partial charge in [0.1, 0.15) is 12.2 Å². The number of carbonyl (C=O) groups excluding carboxylic acids is 1. The Bertz CT molecular complexity index is 1230. The zero-order chi connectivity index (χ0) is 23.2. The third kappa shape index (κ3) is 4.11. The van der Waals surface area contributed by atoms with Gasteiger partial charge in [0.05, 0.1) is 17.4 Å². The van der Waals surface area contributed by atoms with Crippen molar-refractivity contribution < 1.29 is 18.0 Å². The monoisotopic (exact) mass is 448 g/mol. The van der Waals surface area contributed by atoms with Crippen molar-refractivity contribution in [1.82, 2.24) is 29.3 Å². The van der Waals surface area contributed by atoms with E-state index in [1.807, 2.05) is 0 Å². The van der Waals surface area contributed by atoms with Crippen LogP contribution in [0.2, 0.25) is 0 Å². The molecule has 1 amide bonds. The maximum Gasteiger partial charge on any atom is 0.433 e. The number of likely N-dealkylation sites (tertiary alicyclic amines) is 1. The lowest BCUT2D eigenvalue weighted by atomic mass is 10.1. The van der Waals surface area contributed by atoms with E-state index in [0.29, 0.717) is 36.5 Å². The van der Waals surface area contributed by atoms with Gasteiger partial charge in [-0.3, -0.25) is 9.59 Å². The van der Waals surface area contributed by atoms with Crippen LogP contribution in [-0.4, -0.2) is 41.7 Å². The SMILES string of the molecule is Cc1ccc(=O)n(CC(=O)N2CCCC2c2cc3nc(C(C)C)cc(C(F)(F)F)n3n2)n1. The molecule has 0 aromatic carbocycles. The second kappa shape index (κ2) is 8.03. The number of carbonyl (C=O) groups is 1. The Kier molecular flexibility index (Phi) is 5.51. The van der Waals surface area contributed by atoms with Crippen molar-refractivity contribution in [1.29, 1.82) is 0 Å². The molecule has 8 nitrogen and oxygen atoms in total. The van der Waals surface area contributed by atoms with Crippen LogP contribution in [0.25, 0.3) is 5.65 Å². The molecule has 0 saturated carbocycles. The average Bonchev–Trinajstić information content (AvgIpc) is 3.35. The molecule has 1 atom stereocenters. The van der Waals surface area contributed by atoms with E-state index >= 15 is 0 Å². The van der Waals surface area contributed by atoms with Gasteiger partial charge in [-0.25, -0.2) is 14.2 Å². The molecule has 0 bridgehead atoms. The van der Waals surface area contributed by atoms with Gasteiger partial charge in [0, 0.05) is 24.4 Å². The van der Waals surface area contributed by atoms with Gasteiger partial charge in [-0.05, 0) is 37.8 Å². The molecular formula is C21H23F3N6O2. The Labute approximate surface area is 181 Å². The molecule has 3 aromatic heterocycles. The molecule has 1 aliphatic heterocycles. The summed E-state index contributed by atoms with van der Waals surface area (Å²) >= 11 is 0. The summed E-state index contributed by atoms with van der Waals surface area (Å²) in [4.78, 5) is 30.8. The zero-order valence-corrected chi connectivity index (χ0v) is 17.9. The molecule has 1 unspecified atom stereocenters. The first-order valence-electron chi connectivity index (χ1n) is 10.4. The predicted octanol–water partition coefficient (Wildman–Crippen LogP) is 3.10. The normalized spacial score (nSPS) is 17.0. The third-order valence-corrected chi connectivity index (χ3v) is 5.55. The fourth-order valence-electron chi connectivity index (χ4n) is 3.93. The van der Waals surface area contributed by atoms with Gasteiger partial charge in [0.25, 0.3) is 5.56 Å². The van der Waals surface area contributed by atoms with E-state index in [-0.39, 0.29) is 24.0 Å². The number of amides is 1. The van der Waals surface area contributed by atoms with Crippen molar-refractivity contribution >= 4 is 11.6 Å². The number of rotatable bonds is 4. The number of fused-ring (bicyclic) bond motifs is 1. The Morgan fingerprint density at radius 1 is 1.22 bits per heavy atom. The summed E-state index contributed by atoms with van der Waals surface area (Å²) in [6.07, 6.45) is -3.36. The summed E-state index contributed by atoms with van der Waals surface area (Å²) < 4.78 is 42.9. The lowest BCUT2D eigenvalue weighted by Gasteiger charge is -2.23. The average molecular weight is 448 g/mol. The summed E-state index contributed by atoms with van der Waals surface area (Å²) in [5.74, 6) is -0.527. The topological polar surface area (TPSA) is 85.4 Å². The van der Waals surface area contributed by atoms with Gasteiger partial charge in [-0.15, -0.1) is 0 Å². The number of halogens is 3. The second-order valence-electron chi connectivity index (χ2n) is 8.27. The standard InChI is InChI=1S/C21H23F3N6O2/c1-12(2)14-9-17(21(22,23)24)30-18(25-14)10-15(27-30)16-5-4-8-28(16)20(32)11-29-19(31)7-6-13(3)26-29/h6-7,9-10,12,16H,4-5,8,11H2,1-3H3. The highest BCUT2D eigenvalue weighted by atomic mass is 19.4. The first-order chi connectivity index (χ1) is 15.0. The molecule has 1 aliphatic rings. The zero-order valence-electron chi connectivity index (χ0n) is 17.9. The van der Waals surface area contributed by atoms with Crippen molar-refractivity contribution in [2.45, 2.75) is 58.3 Å². The number of alkyl halides is 3. The molecule has 4 heterocycles. The van der Waals surface area contributed by atoms with Crippen LogP contribution in [0.3, 0.4) is 0 Å². The molecule has 0 radical (unpaired) electrons. The van der Waals surface area contributed by atoms with Gasteiger partial charge in [0.15, 0.2) is 5.65 Å². The Morgan fingerprint density at radius 3 is 2.66 bits per heavy atom. The van der Waals surface area contributed by atoms with Crippen LogP contribution in [0, 0.1) is 6.92 Å². The Balaban J connectivity index is 1.69. The van der Waals surface area contributed by atoms with Crippen LogP contribution in [0.4, 0.5) is 13.2 Å². The number of aryl methyl sites for hydroxylation is 1. The van der Waals surface area contributed by atoms with E-state index in [4.69, 9.17) is 0 Å². The highest BCUT2D eigenvalue weighted by Crippen LogP contribution is 2.35. The first-order valence-corrected chi connectivity index (χ1v) is 10.4. The molecule has 3 aromatic rings. The minimum Gasteiger partial charge on any atom is -0.332 e. The van der Waals surface area contributed by atoms with E-state index < -0.39 is 23.5 Å². The predicted molar refractivity (Wildman–Crippen MR) is 109 cm³/mol. The summed E-state index contributed by atoms with van der Waals surface area (Å²) in [6, 6.07) is 4.94. The van der Waals surface area contributed by atoms with Gasteiger partial charge in [0.2, 0.25) is 5.91 Å². The number of nitrogens with zero attached hydrogens (tertiary/aromatic N) is 6. The number of hydrogen-bond donors (Lipinski definition) is 0. The first kappa shape index (κ1) is 22.0. The minimum absolute atomic E-state index is 0.0920. The van der Waals surface area contributed by atoms with Crippen molar-refractivity contribution in [2.75, 3.05) is 6.54 Å². The maximum atomic E-state index is 13.7. The van der Waals surface area contributed by atoms with E-state index in [2.05, 4.69) is 15.2 Å². The molecule has 11 heteroatoms. The molecule has 1 fully saturated rings. The van der Waals surface area contributed by atoms with Crippen LogP contribution in [0.5, 0.6) is 0 Å². The third-order valence-electron chi connectivity index (χ3n) is 5.55. The molecule has 4 rings (SSSR count). The van der Waals surface area contributed by atoms with Gasteiger partial charge in [-0.2, -0.15) is 23.4 Å². The molecule has 1 saturated heterocycles. The lowest BCUT2D eigenvalue weighted by molar-refractivity contribution is -0.143. The molecule has 0 N–H and O–H groups in total. The minimum atomic E-state index is -4.60. The van der Waals surface area contributed by atoms with Crippen molar-refractivity contribution in [3.05, 3.63) is 57.4 Å².